The van der Waals surface area contributed by atoms with E-state index in [0.29, 0.717) is 17.1 Å². The molecule has 1 aliphatic rings. The number of anilines is 2. The summed E-state index contributed by atoms with van der Waals surface area (Å²) in [7, 11) is -3.55. The van der Waals surface area contributed by atoms with Crippen LogP contribution in [0.15, 0.2) is 77.7 Å². The minimum absolute atomic E-state index is 0.303. The molecule has 25 heavy (non-hydrogen) atoms. The molecule has 0 aromatic heterocycles. The van der Waals surface area contributed by atoms with Crippen LogP contribution in [0, 0.1) is 0 Å². The summed E-state index contributed by atoms with van der Waals surface area (Å²) in [5.41, 5.74) is 10.3. The van der Waals surface area contributed by atoms with Gasteiger partial charge < -0.3 is 5.73 Å². The molecule has 5 heteroatoms. The second kappa shape index (κ2) is 5.93. The minimum atomic E-state index is -3.55. The molecule has 0 radical (unpaired) electrons. The number of benzene rings is 3. The maximum Gasteiger partial charge on any atom is 0.264 e. The van der Waals surface area contributed by atoms with Crippen molar-refractivity contribution in [1.29, 1.82) is 0 Å². The largest absolute Gasteiger partial charge is 0.399 e. The van der Waals surface area contributed by atoms with E-state index in [1.165, 1.54) is 4.31 Å². The maximum atomic E-state index is 13.0. The molecule has 0 atom stereocenters. The molecular formula is C20H18N2O2S. The van der Waals surface area contributed by atoms with Crippen LogP contribution in [-0.2, 0) is 16.4 Å². The van der Waals surface area contributed by atoms with Crippen LogP contribution in [0.25, 0.3) is 11.1 Å². The molecule has 0 saturated heterocycles. The van der Waals surface area contributed by atoms with Crippen LogP contribution in [0.5, 0.6) is 0 Å². The first-order chi connectivity index (χ1) is 12.1. The highest BCUT2D eigenvalue weighted by Gasteiger charge is 2.30. The number of nitrogens with two attached hydrogens (primary N) is 1. The van der Waals surface area contributed by atoms with Gasteiger partial charge in [-0.2, -0.15) is 0 Å². The fourth-order valence-electron chi connectivity index (χ4n) is 3.22. The van der Waals surface area contributed by atoms with Gasteiger partial charge in [0.1, 0.15) is 0 Å². The standard InChI is InChI=1S/C20H18N2O2S/c21-18-6-3-5-17(14-18)15-8-10-19(11-9-15)25(23,24)22-13-12-16-4-1-2-7-20(16)22/h1-11,14H,12-13,21H2. The van der Waals surface area contributed by atoms with E-state index >= 15 is 0 Å². The van der Waals surface area contributed by atoms with E-state index in [1.807, 2.05) is 60.7 Å². The number of hydrogen-bond acceptors (Lipinski definition) is 3. The molecule has 1 aliphatic heterocycles. The van der Waals surface area contributed by atoms with Gasteiger partial charge >= 0.3 is 0 Å². The summed E-state index contributed by atoms with van der Waals surface area (Å²) in [6, 6.07) is 22.2. The molecule has 3 aromatic rings. The van der Waals surface area contributed by atoms with E-state index in [9.17, 15) is 8.42 Å². The molecule has 4 rings (SSSR count). The van der Waals surface area contributed by atoms with Crippen molar-refractivity contribution in [1.82, 2.24) is 0 Å². The Morgan fingerprint density at radius 3 is 2.36 bits per heavy atom. The summed E-state index contributed by atoms with van der Waals surface area (Å²) in [6.07, 6.45) is 0.747. The molecule has 0 spiro atoms. The van der Waals surface area contributed by atoms with Crippen molar-refractivity contribution in [3.63, 3.8) is 0 Å². The summed E-state index contributed by atoms with van der Waals surface area (Å²) in [4.78, 5) is 0.303. The third-order valence-electron chi connectivity index (χ3n) is 4.51. The number of fused-ring (bicyclic) bond motifs is 1. The average molecular weight is 350 g/mol. The van der Waals surface area contributed by atoms with Crippen LogP contribution in [0.3, 0.4) is 0 Å². The van der Waals surface area contributed by atoms with Gasteiger partial charge in [-0.05, 0) is 53.4 Å². The highest BCUT2D eigenvalue weighted by Crippen LogP contribution is 2.33. The predicted octanol–water partition coefficient (Wildman–Crippen LogP) is 3.69. The zero-order chi connectivity index (χ0) is 17.4. The van der Waals surface area contributed by atoms with Crippen molar-refractivity contribution >= 4 is 21.4 Å². The fraction of sp³-hybridized carbons (Fsp3) is 0.100. The second-order valence-corrected chi connectivity index (χ2v) is 7.97. The van der Waals surface area contributed by atoms with E-state index < -0.39 is 10.0 Å². The first-order valence-electron chi connectivity index (χ1n) is 8.12. The van der Waals surface area contributed by atoms with E-state index in [4.69, 9.17) is 5.73 Å². The number of sulfonamides is 1. The number of rotatable bonds is 3. The first-order valence-corrected chi connectivity index (χ1v) is 9.56. The highest BCUT2D eigenvalue weighted by molar-refractivity contribution is 7.92. The van der Waals surface area contributed by atoms with Gasteiger partial charge in [-0.1, -0.05) is 42.5 Å². The monoisotopic (exact) mass is 350 g/mol. The van der Waals surface area contributed by atoms with Gasteiger partial charge in [-0.15, -0.1) is 0 Å². The van der Waals surface area contributed by atoms with Crippen molar-refractivity contribution in [3.8, 4) is 11.1 Å². The Bertz CT molecular complexity index is 1030. The number of hydrogen-bond donors (Lipinski definition) is 1. The van der Waals surface area contributed by atoms with E-state index in [1.54, 1.807) is 12.1 Å². The van der Waals surface area contributed by atoms with Crippen LogP contribution >= 0.6 is 0 Å². The zero-order valence-electron chi connectivity index (χ0n) is 13.6. The second-order valence-electron chi connectivity index (χ2n) is 6.11. The Morgan fingerprint density at radius 1 is 0.840 bits per heavy atom. The lowest BCUT2D eigenvalue weighted by Crippen LogP contribution is -2.29. The summed E-state index contributed by atoms with van der Waals surface area (Å²) < 4.78 is 27.5. The fourth-order valence-corrected chi connectivity index (χ4v) is 4.73. The van der Waals surface area contributed by atoms with E-state index in [2.05, 4.69) is 0 Å². The van der Waals surface area contributed by atoms with E-state index in [0.717, 1.165) is 28.8 Å². The quantitative estimate of drug-likeness (QED) is 0.733. The lowest BCUT2D eigenvalue weighted by Gasteiger charge is -2.19. The molecule has 0 aliphatic carbocycles. The van der Waals surface area contributed by atoms with Crippen LogP contribution in [0.1, 0.15) is 5.56 Å². The lowest BCUT2D eigenvalue weighted by molar-refractivity contribution is 0.592. The molecule has 0 amide bonds. The van der Waals surface area contributed by atoms with Gasteiger partial charge in [0.25, 0.3) is 10.0 Å². The van der Waals surface area contributed by atoms with Crippen LogP contribution in [0.2, 0.25) is 0 Å². The summed E-state index contributed by atoms with van der Waals surface area (Å²) in [6.45, 7) is 0.485. The average Bonchev–Trinajstić information content (AvgIpc) is 3.07. The number of nitrogen functional groups attached to an aromatic ring is 1. The van der Waals surface area contributed by atoms with Gasteiger partial charge in [0.05, 0.1) is 10.6 Å². The smallest absolute Gasteiger partial charge is 0.264 e. The Kier molecular flexibility index (Phi) is 3.73. The Hall–Kier alpha value is -2.79. The molecule has 3 aromatic carbocycles. The SMILES string of the molecule is Nc1cccc(-c2ccc(S(=O)(=O)N3CCc4ccccc43)cc2)c1. The normalized spacial score (nSPS) is 13.7. The number of nitrogens with zero attached hydrogens (tertiary/aromatic N) is 1. The molecule has 126 valence electrons. The minimum Gasteiger partial charge on any atom is -0.399 e. The summed E-state index contributed by atoms with van der Waals surface area (Å²) in [5, 5.41) is 0. The topological polar surface area (TPSA) is 63.4 Å². The third-order valence-corrected chi connectivity index (χ3v) is 6.33. The van der Waals surface area contributed by atoms with Crippen LogP contribution in [0.4, 0.5) is 11.4 Å². The van der Waals surface area contributed by atoms with Gasteiger partial charge in [0.15, 0.2) is 0 Å². The highest BCUT2D eigenvalue weighted by atomic mass is 32.2. The predicted molar refractivity (Wildman–Crippen MR) is 101 cm³/mol. The molecule has 0 bridgehead atoms. The molecule has 0 unspecified atom stereocenters. The van der Waals surface area contributed by atoms with Crippen LogP contribution in [-0.4, -0.2) is 15.0 Å². The Labute approximate surface area is 147 Å². The van der Waals surface area contributed by atoms with Gasteiger partial charge in [-0.3, -0.25) is 4.31 Å². The number of para-hydroxylation sites is 1. The van der Waals surface area contributed by atoms with Crippen molar-refractivity contribution in [2.24, 2.45) is 0 Å². The van der Waals surface area contributed by atoms with Crippen molar-refractivity contribution in [2.75, 3.05) is 16.6 Å². The summed E-state index contributed by atoms with van der Waals surface area (Å²) in [5.74, 6) is 0. The first kappa shape index (κ1) is 15.7. The Balaban J connectivity index is 1.68. The lowest BCUT2D eigenvalue weighted by atomic mass is 10.1. The zero-order valence-corrected chi connectivity index (χ0v) is 14.4. The molecule has 1 heterocycles. The molecule has 0 saturated carbocycles. The van der Waals surface area contributed by atoms with E-state index in [-0.39, 0.29) is 0 Å². The van der Waals surface area contributed by atoms with Gasteiger partial charge in [-0.25, -0.2) is 8.42 Å². The van der Waals surface area contributed by atoms with Gasteiger partial charge in [0, 0.05) is 12.2 Å². The van der Waals surface area contributed by atoms with Gasteiger partial charge in [0.2, 0.25) is 0 Å². The van der Waals surface area contributed by atoms with Crippen molar-refractivity contribution < 1.29 is 8.42 Å². The molecular weight excluding hydrogens is 332 g/mol. The molecule has 0 fully saturated rings. The van der Waals surface area contributed by atoms with Crippen molar-refractivity contribution in [2.45, 2.75) is 11.3 Å². The van der Waals surface area contributed by atoms with Crippen LogP contribution < -0.4 is 10.0 Å². The summed E-state index contributed by atoms with van der Waals surface area (Å²) >= 11 is 0. The van der Waals surface area contributed by atoms with Crippen molar-refractivity contribution in [3.05, 3.63) is 78.4 Å². The molecule has 4 nitrogen and oxygen atoms in total. The maximum absolute atomic E-state index is 13.0. The Morgan fingerprint density at radius 2 is 1.60 bits per heavy atom. The third kappa shape index (κ3) is 2.76. The molecule has 2 N–H and O–H groups in total.